The minimum absolute atomic E-state index is 0.0122. The van der Waals surface area contributed by atoms with Gasteiger partial charge in [0.15, 0.2) is 11.5 Å². The van der Waals surface area contributed by atoms with Gasteiger partial charge in [0, 0.05) is 28.6 Å². The lowest BCUT2D eigenvalue weighted by Gasteiger charge is -2.17. The highest BCUT2D eigenvalue weighted by Gasteiger charge is 2.27. The molecule has 0 radical (unpaired) electrons. The number of hydrogen-bond donors (Lipinski definition) is 2. The lowest BCUT2D eigenvalue weighted by atomic mass is 9.87. The number of nitrogens with one attached hydrogen (secondary N) is 1. The molecule has 5 nitrogen and oxygen atoms in total. The Morgan fingerprint density at radius 1 is 1.13 bits per heavy atom. The molecule has 1 aliphatic heterocycles. The van der Waals surface area contributed by atoms with E-state index >= 15 is 0 Å². The van der Waals surface area contributed by atoms with Crippen molar-refractivity contribution >= 4 is 16.9 Å². The summed E-state index contributed by atoms with van der Waals surface area (Å²) >= 11 is 0. The highest BCUT2D eigenvalue weighted by atomic mass is 16.7. The van der Waals surface area contributed by atoms with E-state index in [-0.39, 0.29) is 19.1 Å². The third-order valence-corrected chi connectivity index (χ3v) is 4.18. The van der Waals surface area contributed by atoms with Gasteiger partial charge in [0.1, 0.15) is 0 Å². The van der Waals surface area contributed by atoms with E-state index < -0.39 is 5.97 Å². The fourth-order valence-electron chi connectivity index (χ4n) is 3.17. The number of carboxylic acids is 1. The first-order valence-electron chi connectivity index (χ1n) is 7.40. The van der Waals surface area contributed by atoms with E-state index in [4.69, 9.17) is 9.47 Å². The maximum Gasteiger partial charge on any atom is 0.304 e. The highest BCUT2D eigenvalue weighted by Crippen LogP contribution is 2.43. The highest BCUT2D eigenvalue weighted by molar-refractivity contribution is 5.85. The zero-order chi connectivity index (χ0) is 15.8. The molecule has 3 aromatic rings. The van der Waals surface area contributed by atoms with Crippen molar-refractivity contribution in [2.75, 3.05) is 6.79 Å². The minimum Gasteiger partial charge on any atom is -0.481 e. The first kappa shape index (κ1) is 13.7. The van der Waals surface area contributed by atoms with Crippen molar-refractivity contribution in [3.05, 3.63) is 59.8 Å². The van der Waals surface area contributed by atoms with Crippen LogP contribution in [0.1, 0.15) is 23.5 Å². The largest absolute Gasteiger partial charge is 0.481 e. The van der Waals surface area contributed by atoms with Crippen LogP contribution < -0.4 is 9.47 Å². The molecule has 0 bridgehead atoms. The second-order valence-corrected chi connectivity index (χ2v) is 5.52. The monoisotopic (exact) mass is 309 g/mol. The number of rotatable bonds is 4. The molecular formula is C18H15NO4. The van der Waals surface area contributed by atoms with E-state index in [2.05, 4.69) is 4.98 Å². The maximum absolute atomic E-state index is 11.4. The van der Waals surface area contributed by atoms with Crippen LogP contribution in [0.4, 0.5) is 0 Å². The summed E-state index contributed by atoms with van der Waals surface area (Å²) in [5.74, 6) is 0.152. The Balaban J connectivity index is 1.89. The van der Waals surface area contributed by atoms with E-state index in [9.17, 15) is 9.90 Å². The van der Waals surface area contributed by atoms with E-state index in [1.807, 2.05) is 48.7 Å². The van der Waals surface area contributed by atoms with Gasteiger partial charge in [-0.2, -0.15) is 0 Å². The van der Waals surface area contributed by atoms with Crippen LogP contribution in [0.25, 0.3) is 10.9 Å². The standard InChI is InChI=1S/C18H15NO4/c20-17(21)8-13(12-5-3-7-16-18(12)23-10-22-16)14-9-19-15-6-2-1-4-11(14)15/h1-7,9,13,19H,8,10H2,(H,20,21)/t13-/m0/s1. The number of fused-ring (bicyclic) bond motifs is 2. The molecule has 1 aliphatic rings. The number of H-pyrrole nitrogens is 1. The Morgan fingerprint density at radius 2 is 2.00 bits per heavy atom. The van der Waals surface area contributed by atoms with Gasteiger partial charge in [-0.05, 0) is 17.7 Å². The van der Waals surface area contributed by atoms with E-state index in [1.54, 1.807) is 0 Å². The number of carboxylic acid groups (broad SMARTS) is 1. The second-order valence-electron chi connectivity index (χ2n) is 5.52. The predicted molar refractivity (Wildman–Crippen MR) is 85.0 cm³/mol. The maximum atomic E-state index is 11.4. The van der Waals surface area contributed by atoms with Gasteiger partial charge >= 0.3 is 5.97 Å². The number of carbonyl (C=O) groups is 1. The Bertz CT molecular complexity index is 884. The predicted octanol–water partition coefficient (Wildman–Crippen LogP) is 3.50. The van der Waals surface area contributed by atoms with Gasteiger partial charge < -0.3 is 19.6 Å². The molecule has 0 fully saturated rings. The Kier molecular flexibility index (Phi) is 3.19. The summed E-state index contributed by atoms with van der Waals surface area (Å²) in [5.41, 5.74) is 2.78. The third kappa shape index (κ3) is 2.30. The van der Waals surface area contributed by atoms with Gasteiger partial charge in [0.25, 0.3) is 0 Å². The molecule has 23 heavy (non-hydrogen) atoms. The van der Waals surface area contributed by atoms with Crippen LogP contribution in [0.3, 0.4) is 0 Å². The molecule has 0 spiro atoms. The molecule has 4 rings (SSSR count). The van der Waals surface area contributed by atoms with E-state index in [1.165, 1.54) is 0 Å². The van der Waals surface area contributed by atoms with Crippen LogP contribution in [-0.4, -0.2) is 22.9 Å². The molecule has 1 aromatic heterocycles. The second kappa shape index (κ2) is 5.35. The average Bonchev–Trinajstić information content (AvgIpc) is 3.19. The summed E-state index contributed by atoms with van der Waals surface area (Å²) in [6.07, 6.45) is 1.87. The number of aliphatic carboxylic acids is 1. The zero-order valence-electron chi connectivity index (χ0n) is 12.3. The van der Waals surface area contributed by atoms with Crippen molar-refractivity contribution in [3.63, 3.8) is 0 Å². The van der Waals surface area contributed by atoms with E-state index in [0.717, 1.165) is 22.0 Å². The van der Waals surface area contributed by atoms with Gasteiger partial charge in [0.2, 0.25) is 6.79 Å². The minimum atomic E-state index is -0.850. The molecular weight excluding hydrogens is 294 g/mol. The summed E-state index contributed by atoms with van der Waals surface area (Å²) in [4.78, 5) is 14.6. The van der Waals surface area contributed by atoms with Crippen molar-refractivity contribution in [2.45, 2.75) is 12.3 Å². The smallest absolute Gasteiger partial charge is 0.304 e. The first-order valence-corrected chi connectivity index (χ1v) is 7.40. The summed E-state index contributed by atoms with van der Waals surface area (Å²) in [5, 5.41) is 10.4. The van der Waals surface area contributed by atoms with Gasteiger partial charge in [-0.25, -0.2) is 0 Å². The normalized spacial score (nSPS) is 14.1. The fourth-order valence-corrected chi connectivity index (χ4v) is 3.17. The summed E-state index contributed by atoms with van der Waals surface area (Å²) in [6.45, 7) is 0.167. The number of benzene rings is 2. The summed E-state index contributed by atoms with van der Waals surface area (Å²) in [6, 6.07) is 13.5. The fraction of sp³-hybridized carbons (Fsp3) is 0.167. The molecule has 2 heterocycles. The number of aromatic amines is 1. The molecule has 0 amide bonds. The van der Waals surface area contributed by atoms with Gasteiger partial charge in [-0.15, -0.1) is 0 Å². The lowest BCUT2D eigenvalue weighted by Crippen LogP contribution is -2.08. The van der Waals surface area contributed by atoms with Crippen LogP contribution in [0, 0.1) is 0 Å². The molecule has 0 aliphatic carbocycles. The van der Waals surface area contributed by atoms with Crippen molar-refractivity contribution in [2.24, 2.45) is 0 Å². The number of aromatic nitrogens is 1. The summed E-state index contributed by atoms with van der Waals surface area (Å²) < 4.78 is 11.0. The number of hydrogen-bond acceptors (Lipinski definition) is 3. The van der Waals surface area contributed by atoms with Crippen LogP contribution in [0.15, 0.2) is 48.7 Å². The quantitative estimate of drug-likeness (QED) is 0.773. The lowest BCUT2D eigenvalue weighted by molar-refractivity contribution is -0.137. The first-order chi connectivity index (χ1) is 11.2. The molecule has 2 aromatic carbocycles. The Hall–Kier alpha value is -2.95. The molecule has 0 saturated heterocycles. The van der Waals surface area contributed by atoms with Crippen molar-refractivity contribution in [1.82, 2.24) is 4.98 Å². The summed E-state index contributed by atoms with van der Waals surface area (Å²) in [7, 11) is 0. The topological polar surface area (TPSA) is 71.6 Å². The molecule has 2 N–H and O–H groups in total. The van der Waals surface area contributed by atoms with Crippen LogP contribution in [-0.2, 0) is 4.79 Å². The number of ether oxygens (including phenoxy) is 2. The van der Waals surface area contributed by atoms with E-state index in [0.29, 0.717) is 11.5 Å². The van der Waals surface area contributed by atoms with Crippen molar-refractivity contribution in [1.29, 1.82) is 0 Å². The van der Waals surface area contributed by atoms with Crippen molar-refractivity contribution < 1.29 is 19.4 Å². The zero-order valence-corrected chi connectivity index (χ0v) is 12.3. The van der Waals surface area contributed by atoms with Crippen molar-refractivity contribution in [3.8, 4) is 11.5 Å². The van der Waals surface area contributed by atoms with Gasteiger partial charge in [-0.1, -0.05) is 30.3 Å². The molecule has 0 unspecified atom stereocenters. The molecule has 116 valence electrons. The SMILES string of the molecule is O=C(O)C[C@@H](c1cccc2c1OCO2)c1c[nH]c2ccccc12. The van der Waals surface area contributed by atoms with Crippen LogP contribution >= 0.6 is 0 Å². The Labute approximate surface area is 132 Å². The van der Waals surface area contributed by atoms with Crippen LogP contribution in [0.2, 0.25) is 0 Å². The van der Waals surface area contributed by atoms with Gasteiger partial charge in [-0.3, -0.25) is 4.79 Å². The molecule has 1 atom stereocenters. The van der Waals surface area contributed by atoms with Gasteiger partial charge in [0.05, 0.1) is 6.42 Å². The number of para-hydroxylation sites is 2. The Morgan fingerprint density at radius 3 is 2.87 bits per heavy atom. The van der Waals surface area contributed by atoms with Crippen LogP contribution in [0.5, 0.6) is 11.5 Å². The molecule has 0 saturated carbocycles. The average molecular weight is 309 g/mol. The third-order valence-electron chi connectivity index (χ3n) is 4.18. The molecule has 5 heteroatoms.